The van der Waals surface area contributed by atoms with Crippen LogP contribution in [0.15, 0.2) is 90.0 Å². The van der Waals surface area contributed by atoms with Crippen molar-refractivity contribution in [2.45, 2.75) is 0 Å². The number of hydrazone groups is 1. The molecular weight excluding hydrogens is 470 g/mol. The van der Waals surface area contributed by atoms with Gasteiger partial charge < -0.3 is 14.8 Å². The van der Waals surface area contributed by atoms with Crippen LogP contribution in [-0.2, 0) is 0 Å². The van der Waals surface area contributed by atoms with Crippen LogP contribution in [-0.4, -0.2) is 24.4 Å². The molecule has 0 amide bonds. The van der Waals surface area contributed by atoms with Crippen molar-refractivity contribution in [2.75, 3.05) is 12.4 Å². The molecule has 6 nitrogen and oxygen atoms in total. The zero-order chi connectivity index (χ0) is 23.9. The molecule has 0 aliphatic carbocycles. The number of hydrogen-bond acceptors (Lipinski definition) is 5. The maximum atomic E-state index is 12.7. The average Bonchev–Trinajstić information content (AvgIpc) is 2.85. The van der Waals surface area contributed by atoms with Gasteiger partial charge >= 0.3 is 5.97 Å². The Morgan fingerprint density at radius 2 is 1.71 bits per heavy atom. The summed E-state index contributed by atoms with van der Waals surface area (Å²) in [5, 5.41) is 9.76. The largest absolute Gasteiger partial charge is 0.497 e. The number of rotatable bonds is 6. The molecule has 0 unspecified atom stereocenters. The zero-order valence-corrected chi connectivity index (χ0v) is 19.7. The second kappa shape index (κ2) is 10.8. The third kappa shape index (κ3) is 5.51. The van der Waals surface area contributed by atoms with Crippen molar-refractivity contribution >= 4 is 57.6 Å². The highest BCUT2D eigenvalue weighted by Crippen LogP contribution is 2.28. The van der Waals surface area contributed by atoms with Crippen LogP contribution in [0.1, 0.15) is 15.9 Å². The van der Waals surface area contributed by atoms with Crippen LogP contribution in [0.25, 0.3) is 10.8 Å². The van der Waals surface area contributed by atoms with Crippen molar-refractivity contribution in [1.29, 1.82) is 0 Å². The lowest BCUT2D eigenvalue weighted by atomic mass is 10.0. The van der Waals surface area contributed by atoms with Crippen LogP contribution in [0.5, 0.6) is 11.5 Å². The van der Waals surface area contributed by atoms with Crippen LogP contribution in [0.2, 0.25) is 5.02 Å². The second-order valence-electron chi connectivity index (χ2n) is 7.12. The first-order chi connectivity index (χ1) is 16.5. The van der Waals surface area contributed by atoms with Crippen LogP contribution in [0.3, 0.4) is 0 Å². The summed E-state index contributed by atoms with van der Waals surface area (Å²) in [5.41, 5.74) is 4.48. The Morgan fingerprint density at radius 3 is 2.47 bits per heavy atom. The molecule has 0 aliphatic heterocycles. The van der Waals surface area contributed by atoms with E-state index in [1.54, 1.807) is 43.7 Å². The monoisotopic (exact) mass is 489 g/mol. The van der Waals surface area contributed by atoms with E-state index in [1.807, 2.05) is 54.6 Å². The summed E-state index contributed by atoms with van der Waals surface area (Å²) < 4.78 is 10.8. The van der Waals surface area contributed by atoms with E-state index in [0.717, 1.165) is 22.2 Å². The van der Waals surface area contributed by atoms with E-state index in [1.165, 1.54) is 0 Å². The van der Waals surface area contributed by atoms with Gasteiger partial charge in [0, 0.05) is 11.3 Å². The van der Waals surface area contributed by atoms with E-state index in [2.05, 4.69) is 15.8 Å². The Balaban J connectivity index is 1.55. The molecule has 2 N–H and O–H groups in total. The Labute approximate surface area is 207 Å². The number of anilines is 1. The second-order valence-corrected chi connectivity index (χ2v) is 7.94. The topological polar surface area (TPSA) is 71.9 Å². The standard InChI is InChI=1S/C26H20ClN3O3S/c1-32-19-13-11-18(12-14-19)29-26(34)30-28-16-22-20-7-3-2-6-17(20)10-15-24(22)33-25(31)21-8-4-5-9-23(21)27/h2-16H,1H3,(H2,29,30,34)/b28-16+. The molecule has 0 aliphatic rings. The molecular formula is C26H20ClN3O3S. The van der Waals surface area contributed by atoms with Crippen LogP contribution >= 0.6 is 23.8 Å². The summed E-state index contributed by atoms with van der Waals surface area (Å²) in [7, 11) is 1.61. The van der Waals surface area contributed by atoms with Gasteiger partial charge in [-0.05, 0) is 65.5 Å². The number of fused-ring (bicyclic) bond motifs is 1. The third-order valence-corrected chi connectivity index (χ3v) is 5.46. The molecule has 4 aromatic rings. The number of ether oxygens (including phenoxy) is 2. The van der Waals surface area contributed by atoms with Gasteiger partial charge in [-0.2, -0.15) is 5.10 Å². The number of thiocarbonyl (C=S) groups is 1. The molecule has 4 aromatic carbocycles. The Bertz CT molecular complexity index is 1370. The quantitative estimate of drug-likeness (QED) is 0.113. The van der Waals surface area contributed by atoms with Crippen molar-refractivity contribution in [1.82, 2.24) is 5.43 Å². The molecule has 0 spiro atoms. The minimum absolute atomic E-state index is 0.281. The van der Waals surface area contributed by atoms with E-state index in [9.17, 15) is 4.79 Å². The molecule has 170 valence electrons. The first-order valence-electron chi connectivity index (χ1n) is 10.3. The van der Waals surface area contributed by atoms with Gasteiger partial charge in [0.05, 0.1) is 23.9 Å². The highest BCUT2D eigenvalue weighted by molar-refractivity contribution is 7.80. The first kappa shape index (κ1) is 23.2. The molecule has 0 radical (unpaired) electrons. The van der Waals surface area contributed by atoms with Gasteiger partial charge in [-0.1, -0.05) is 54.1 Å². The maximum absolute atomic E-state index is 12.7. The SMILES string of the molecule is COc1ccc(NC(=S)N/N=C/c2c(OC(=O)c3ccccc3Cl)ccc3ccccc23)cc1. The van der Waals surface area contributed by atoms with Crippen LogP contribution < -0.4 is 20.2 Å². The van der Waals surface area contributed by atoms with Gasteiger partial charge in [0.1, 0.15) is 11.5 Å². The lowest BCUT2D eigenvalue weighted by Gasteiger charge is -2.11. The number of carbonyl (C=O) groups is 1. The number of nitrogens with one attached hydrogen (secondary N) is 2. The summed E-state index contributed by atoms with van der Waals surface area (Å²) in [6.07, 6.45) is 1.57. The summed E-state index contributed by atoms with van der Waals surface area (Å²) in [5.74, 6) is 0.542. The Hall–Kier alpha value is -3.94. The van der Waals surface area contributed by atoms with E-state index in [0.29, 0.717) is 21.4 Å². The Morgan fingerprint density at radius 1 is 0.971 bits per heavy atom. The summed E-state index contributed by atoms with van der Waals surface area (Å²) >= 11 is 11.5. The van der Waals surface area contributed by atoms with E-state index < -0.39 is 5.97 Å². The summed E-state index contributed by atoms with van der Waals surface area (Å²) in [6, 6.07) is 25.4. The number of hydrogen-bond donors (Lipinski definition) is 2. The van der Waals surface area contributed by atoms with Crippen molar-refractivity contribution in [3.63, 3.8) is 0 Å². The van der Waals surface area contributed by atoms with Gasteiger partial charge in [-0.3, -0.25) is 5.43 Å². The van der Waals surface area contributed by atoms with Crippen LogP contribution in [0, 0.1) is 0 Å². The molecule has 8 heteroatoms. The molecule has 0 saturated heterocycles. The number of esters is 1. The zero-order valence-electron chi connectivity index (χ0n) is 18.1. The highest BCUT2D eigenvalue weighted by atomic mass is 35.5. The number of halogens is 1. The fourth-order valence-corrected chi connectivity index (χ4v) is 3.65. The fraction of sp³-hybridized carbons (Fsp3) is 0.0385. The molecule has 4 rings (SSSR count). The lowest BCUT2D eigenvalue weighted by Crippen LogP contribution is -2.23. The van der Waals surface area contributed by atoms with Gasteiger partial charge in [0.25, 0.3) is 0 Å². The fourth-order valence-electron chi connectivity index (χ4n) is 3.27. The highest BCUT2D eigenvalue weighted by Gasteiger charge is 2.15. The van der Waals surface area contributed by atoms with Gasteiger partial charge in [-0.15, -0.1) is 0 Å². The number of nitrogens with zero attached hydrogens (tertiary/aromatic N) is 1. The Kier molecular flexibility index (Phi) is 7.37. The lowest BCUT2D eigenvalue weighted by molar-refractivity contribution is 0.0735. The van der Waals surface area contributed by atoms with E-state index in [-0.39, 0.29) is 5.56 Å². The minimum atomic E-state index is -0.555. The predicted molar refractivity (Wildman–Crippen MR) is 140 cm³/mol. The van der Waals surface area contributed by atoms with Crippen LogP contribution in [0.4, 0.5) is 5.69 Å². The normalized spacial score (nSPS) is 10.8. The van der Waals surface area contributed by atoms with Crippen molar-refractivity contribution in [3.05, 3.63) is 101 Å². The predicted octanol–water partition coefficient (Wildman–Crippen LogP) is 6.04. The van der Waals surface area contributed by atoms with Crippen molar-refractivity contribution in [3.8, 4) is 11.5 Å². The maximum Gasteiger partial charge on any atom is 0.345 e. The first-order valence-corrected chi connectivity index (χ1v) is 11.1. The smallest absolute Gasteiger partial charge is 0.345 e. The third-order valence-electron chi connectivity index (χ3n) is 4.93. The van der Waals surface area contributed by atoms with Crippen molar-refractivity contribution in [2.24, 2.45) is 5.10 Å². The van der Waals surface area contributed by atoms with Gasteiger partial charge in [-0.25, -0.2) is 4.79 Å². The van der Waals surface area contributed by atoms with Crippen molar-refractivity contribution < 1.29 is 14.3 Å². The average molecular weight is 490 g/mol. The number of methoxy groups -OCH3 is 1. The molecule has 0 bridgehead atoms. The molecule has 0 fully saturated rings. The van der Waals surface area contributed by atoms with Gasteiger partial charge in [0.2, 0.25) is 0 Å². The number of carbonyl (C=O) groups excluding carboxylic acids is 1. The molecule has 0 heterocycles. The molecule has 0 atom stereocenters. The molecule has 0 saturated carbocycles. The van der Waals surface area contributed by atoms with E-state index >= 15 is 0 Å². The summed E-state index contributed by atoms with van der Waals surface area (Å²) in [4.78, 5) is 12.7. The minimum Gasteiger partial charge on any atom is -0.497 e. The molecule has 0 aromatic heterocycles. The molecule has 34 heavy (non-hydrogen) atoms. The van der Waals surface area contributed by atoms with Gasteiger partial charge in [0.15, 0.2) is 5.11 Å². The number of benzene rings is 4. The van der Waals surface area contributed by atoms with E-state index in [4.69, 9.17) is 33.3 Å². The summed E-state index contributed by atoms with van der Waals surface area (Å²) in [6.45, 7) is 0.